The highest BCUT2D eigenvalue weighted by Crippen LogP contribution is 2.35. The predicted octanol–water partition coefficient (Wildman–Crippen LogP) is 4.41. The second-order valence-corrected chi connectivity index (χ2v) is 9.02. The van der Waals surface area contributed by atoms with E-state index in [2.05, 4.69) is 23.6 Å². The summed E-state index contributed by atoms with van der Waals surface area (Å²) >= 11 is 3.30. The van der Waals surface area contributed by atoms with Crippen molar-refractivity contribution < 1.29 is 4.74 Å². The van der Waals surface area contributed by atoms with Gasteiger partial charge in [-0.3, -0.25) is 9.36 Å². The van der Waals surface area contributed by atoms with Gasteiger partial charge in [0.2, 0.25) is 5.43 Å². The molecular formula is C19H20N2O2S2. The third-order valence-electron chi connectivity index (χ3n) is 4.33. The molecule has 0 fully saturated rings. The van der Waals surface area contributed by atoms with Gasteiger partial charge in [-0.2, -0.15) is 0 Å². The number of nitrogens with zero attached hydrogens (tertiary/aromatic N) is 2. The van der Waals surface area contributed by atoms with Gasteiger partial charge in [0, 0.05) is 22.5 Å². The van der Waals surface area contributed by atoms with Crippen LogP contribution in [0.4, 0.5) is 0 Å². The van der Waals surface area contributed by atoms with Crippen LogP contribution in [0.15, 0.2) is 40.3 Å². The average Bonchev–Trinajstić information content (AvgIpc) is 2.95. The van der Waals surface area contributed by atoms with Crippen molar-refractivity contribution in [2.75, 3.05) is 5.75 Å². The highest BCUT2D eigenvalue weighted by molar-refractivity contribution is 7.99. The molecule has 1 aliphatic heterocycles. The number of imidazole rings is 1. The molecule has 0 saturated carbocycles. The van der Waals surface area contributed by atoms with Crippen LogP contribution in [0.5, 0.6) is 0 Å². The highest BCUT2D eigenvalue weighted by Gasteiger charge is 2.30. The zero-order valence-electron chi connectivity index (χ0n) is 14.5. The molecule has 1 aromatic carbocycles. The molecule has 4 rings (SSSR count). The highest BCUT2D eigenvalue weighted by atomic mass is 32.2. The quantitative estimate of drug-likeness (QED) is 0.639. The third-order valence-corrected chi connectivity index (χ3v) is 6.34. The first-order valence-corrected chi connectivity index (χ1v) is 10.2. The zero-order chi connectivity index (χ0) is 17.6. The molecule has 130 valence electrons. The molecule has 0 amide bonds. The second kappa shape index (κ2) is 6.27. The van der Waals surface area contributed by atoms with E-state index in [9.17, 15) is 4.79 Å². The Balaban J connectivity index is 2.01. The summed E-state index contributed by atoms with van der Waals surface area (Å²) < 4.78 is 8.04. The van der Waals surface area contributed by atoms with Gasteiger partial charge < -0.3 is 4.74 Å². The predicted molar refractivity (Wildman–Crippen MR) is 104 cm³/mol. The summed E-state index contributed by atoms with van der Waals surface area (Å²) in [6.45, 7) is 6.66. The molecular weight excluding hydrogens is 352 g/mol. The third kappa shape index (κ3) is 2.92. The summed E-state index contributed by atoms with van der Waals surface area (Å²) in [7, 11) is 0. The molecule has 1 aliphatic rings. The summed E-state index contributed by atoms with van der Waals surface area (Å²) in [6, 6.07) is 10.1. The van der Waals surface area contributed by atoms with Crippen LogP contribution in [0.25, 0.3) is 16.0 Å². The van der Waals surface area contributed by atoms with Gasteiger partial charge in [0.15, 0.2) is 5.16 Å². The van der Waals surface area contributed by atoms with E-state index in [0.29, 0.717) is 18.5 Å². The summed E-state index contributed by atoms with van der Waals surface area (Å²) in [4.78, 5) is 19.8. The maximum atomic E-state index is 13.1. The normalized spacial score (nSPS) is 16.1. The largest absolute Gasteiger partial charge is 0.370 e. The summed E-state index contributed by atoms with van der Waals surface area (Å²) in [5, 5.41) is 0.875. The Bertz CT molecular complexity index is 990. The lowest BCUT2D eigenvalue weighted by Crippen LogP contribution is -2.34. The molecule has 0 N–H and O–H groups in total. The first kappa shape index (κ1) is 16.8. The lowest BCUT2D eigenvalue weighted by molar-refractivity contribution is -0.0386. The summed E-state index contributed by atoms with van der Waals surface area (Å²) in [6.07, 6.45) is 0.641. The van der Waals surface area contributed by atoms with Crippen molar-refractivity contribution in [1.82, 2.24) is 9.55 Å². The Morgan fingerprint density at radius 3 is 2.80 bits per heavy atom. The Kier molecular flexibility index (Phi) is 4.22. The van der Waals surface area contributed by atoms with Crippen LogP contribution in [0.1, 0.15) is 31.2 Å². The van der Waals surface area contributed by atoms with Crippen molar-refractivity contribution >= 4 is 33.4 Å². The van der Waals surface area contributed by atoms with E-state index in [1.54, 1.807) is 23.1 Å². The molecule has 2 aromatic heterocycles. The van der Waals surface area contributed by atoms with Crippen LogP contribution in [0.3, 0.4) is 0 Å². The van der Waals surface area contributed by atoms with E-state index in [1.807, 2.05) is 32.0 Å². The fourth-order valence-corrected chi connectivity index (χ4v) is 5.09. The molecule has 3 aromatic rings. The molecule has 0 aliphatic carbocycles. The van der Waals surface area contributed by atoms with E-state index >= 15 is 0 Å². The van der Waals surface area contributed by atoms with E-state index in [1.165, 1.54) is 0 Å². The van der Waals surface area contributed by atoms with Crippen molar-refractivity contribution in [3.8, 4) is 5.69 Å². The van der Waals surface area contributed by atoms with Crippen molar-refractivity contribution in [3.63, 3.8) is 0 Å². The topological polar surface area (TPSA) is 44.1 Å². The van der Waals surface area contributed by atoms with Gasteiger partial charge in [0.1, 0.15) is 10.3 Å². The van der Waals surface area contributed by atoms with E-state index in [0.717, 1.165) is 31.9 Å². The Morgan fingerprint density at radius 1 is 1.32 bits per heavy atom. The van der Waals surface area contributed by atoms with Crippen molar-refractivity contribution in [1.29, 1.82) is 0 Å². The molecule has 25 heavy (non-hydrogen) atoms. The molecule has 0 spiro atoms. The lowest BCUT2D eigenvalue weighted by atomic mass is 9.95. The Hall–Kier alpha value is -1.63. The average molecular weight is 373 g/mol. The first-order chi connectivity index (χ1) is 12.0. The van der Waals surface area contributed by atoms with Crippen LogP contribution in [0, 0.1) is 0 Å². The minimum Gasteiger partial charge on any atom is -0.370 e. The van der Waals surface area contributed by atoms with Crippen LogP contribution < -0.4 is 5.43 Å². The van der Waals surface area contributed by atoms with E-state index in [-0.39, 0.29) is 11.0 Å². The number of hydrogen-bond acceptors (Lipinski definition) is 5. The van der Waals surface area contributed by atoms with Crippen molar-refractivity contribution in [2.45, 2.75) is 44.6 Å². The number of thioether (sulfide) groups is 1. The first-order valence-electron chi connectivity index (χ1n) is 8.39. The van der Waals surface area contributed by atoms with Crippen LogP contribution in [0.2, 0.25) is 0 Å². The number of fused-ring (bicyclic) bond motifs is 2. The van der Waals surface area contributed by atoms with Gasteiger partial charge >= 0.3 is 0 Å². The summed E-state index contributed by atoms with van der Waals surface area (Å²) in [5.41, 5.74) is 2.26. The van der Waals surface area contributed by atoms with Crippen LogP contribution >= 0.6 is 23.1 Å². The SMILES string of the molecule is CCSc1nc2c(=O)c3c(sc2n1-c1ccccc1)COC(C)(C)C3. The van der Waals surface area contributed by atoms with E-state index in [4.69, 9.17) is 9.72 Å². The van der Waals surface area contributed by atoms with Crippen molar-refractivity contribution in [3.05, 3.63) is 51.0 Å². The summed E-state index contributed by atoms with van der Waals surface area (Å²) in [5.74, 6) is 0.908. The van der Waals surface area contributed by atoms with Crippen LogP contribution in [-0.4, -0.2) is 20.9 Å². The molecule has 0 unspecified atom stereocenters. The van der Waals surface area contributed by atoms with Gasteiger partial charge in [-0.05, 0) is 31.7 Å². The number of aromatic nitrogens is 2. The number of ether oxygens (including phenoxy) is 1. The number of benzene rings is 1. The van der Waals surface area contributed by atoms with Gasteiger partial charge in [0.05, 0.1) is 12.2 Å². The fraction of sp³-hybridized carbons (Fsp3) is 0.368. The Morgan fingerprint density at radius 2 is 2.08 bits per heavy atom. The smallest absolute Gasteiger partial charge is 0.211 e. The monoisotopic (exact) mass is 372 g/mol. The van der Waals surface area contributed by atoms with Crippen molar-refractivity contribution in [2.24, 2.45) is 0 Å². The van der Waals surface area contributed by atoms with Gasteiger partial charge in [-0.25, -0.2) is 4.98 Å². The minimum absolute atomic E-state index is 0.0627. The lowest BCUT2D eigenvalue weighted by Gasteiger charge is -2.30. The van der Waals surface area contributed by atoms with E-state index < -0.39 is 0 Å². The standard InChI is InChI=1S/C19H20N2O2S2/c1-4-24-18-20-15-16(22)13-10-19(2,3)23-11-14(13)25-17(15)21(18)12-8-6-5-7-9-12/h5-9H,4,10-11H2,1-3H3. The van der Waals surface area contributed by atoms with Gasteiger partial charge in [0.25, 0.3) is 0 Å². The molecule has 0 bridgehead atoms. The maximum absolute atomic E-state index is 13.1. The number of para-hydroxylation sites is 1. The van der Waals surface area contributed by atoms with Gasteiger partial charge in [-0.15, -0.1) is 11.3 Å². The second-order valence-electron chi connectivity index (χ2n) is 6.71. The molecule has 4 nitrogen and oxygen atoms in total. The number of rotatable bonds is 3. The minimum atomic E-state index is -0.296. The zero-order valence-corrected chi connectivity index (χ0v) is 16.2. The molecule has 0 radical (unpaired) electrons. The molecule has 6 heteroatoms. The van der Waals surface area contributed by atoms with Crippen LogP contribution in [-0.2, 0) is 17.8 Å². The fourth-order valence-electron chi connectivity index (χ4n) is 3.14. The molecule has 0 saturated heterocycles. The molecule has 3 heterocycles. The maximum Gasteiger partial charge on any atom is 0.211 e. The Labute approximate surface area is 154 Å². The number of hydrogen-bond donors (Lipinski definition) is 0. The molecule has 0 atom stereocenters. The van der Waals surface area contributed by atoms with Gasteiger partial charge in [-0.1, -0.05) is 36.9 Å².